The van der Waals surface area contributed by atoms with E-state index in [2.05, 4.69) is 0 Å². The van der Waals surface area contributed by atoms with Gasteiger partial charge in [-0.2, -0.15) is 5.26 Å². The molecule has 0 aromatic carbocycles. The van der Waals surface area contributed by atoms with Gasteiger partial charge in [0.15, 0.2) is 0 Å². The van der Waals surface area contributed by atoms with E-state index < -0.39 is 12.1 Å². The van der Waals surface area contributed by atoms with Gasteiger partial charge in [0, 0.05) is 33.5 Å². The van der Waals surface area contributed by atoms with Crippen LogP contribution in [0.1, 0.15) is 13.8 Å². The smallest absolute Gasteiger partial charge is 0.230 e. The molecule has 0 bridgehead atoms. The highest BCUT2D eigenvalue weighted by atomic mass is 16.7. The van der Waals surface area contributed by atoms with Crippen molar-refractivity contribution in [3.05, 3.63) is 11.8 Å². The van der Waals surface area contributed by atoms with Crippen LogP contribution in [0.15, 0.2) is 11.8 Å². The van der Waals surface area contributed by atoms with Gasteiger partial charge in [-0.25, -0.2) is 0 Å². The number of ether oxygens (including phenoxy) is 2. The zero-order valence-corrected chi connectivity index (χ0v) is 10.2. The number of carbonyl (C=O) groups excluding carboxylic acids is 1. The van der Waals surface area contributed by atoms with Crippen LogP contribution >= 0.6 is 0 Å². The van der Waals surface area contributed by atoms with Crippen LogP contribution in [-0.4, -0.2) is 44.3 Å². The van der Waals surface area contributed by atoms with E-state index in [1.165, 1.54) is 6.20 Å². The van der Waals surface area contributed by atoms with Crippen LogP contribution in [0.5, 0.6) is 0 Å². The van der Waals surface area contributed by atoms with Crippen LogP contribution < -0.4 is 0 Å². The first-order valence-electron chi connectivity index (χ1n) is 5.12. The lowest BCUT2D eigenvalue weighted by molar-refractivity contribution is -0.163. The fourth-order valence-electron chi connectivity index (χ4n) is 1.03. The predicted octanol–water partition coefficient (Wildman–Crippen LogP) is 0.924. The number of ketones is 1. The summed E-state index contributed by atoms with van der Waals surface area (Å²) >= 11 is 0. The van der Waals surface area contributed by atoms with Crippen LogP contribution in [-0.2, 0) is 14.3 Å². The van der Waals surface area contributed by atoms with Crippen molar-refractivity contribution in [2.75, 3.05) is 27.3 Å². The number of rotatable bonds is 7. The van der Waals surface area contributed by atoms with Crippen molar-refractivity contribution in [3.63, 3.8) is 0 Å². The predicted molar refractivity (Wildman–Crippen MR) is 59.4 cm³/mol. The third-order valence-corrected chi connectivity index (χ3v) is 1.62. The lowest BCUT2D eigenvalue weighted by Crippen LogP contribution is -2.29. The summed E-state index contributed by atoms with van der Waals surface area (Å²) in [7, 11) is 3.47. The number of carbonyl (C=O) groups is 1. The van der Waals surface area contributed by atoms with Gasteiger partial charge in [0.1, 0.15) is 11.6 Å². The molecule has 0 unspecified atom stereocenters. The Balaban J connectivity index is 4.76. The molecule has 0 aromatic heterocycles. The molecular weight excluding hydrogens is 208 g/mol. The summed E-state index contributed by atoms with van der Waals surface area (Å²) in [6, 6.07) is 1.84. The molecular formula is C11H18N2O3. The molecule has 0 heterocycles. The maximum absolute atomic E-state index is 11.8. The molecule has 0 aliphatic heterocycles. The van der Waals surface area contributed by atoms with E-state index in [0.717, 1.165) is 0 Å². The summed E-state index contributed by atoms with van der Waals surface area (Å²) in [5, 5.41) is 8.85. The first kappa shape index (κ1) is 14.6. The fourth-order valence-corrected chi connectivity index (χ4v) is 1.03. The minimum absolute atomic E-state index is 0.0249. The zero-order chi connectivity index (χ0) is 12.6. The normalized spacial score (nSPS) is 11.4. The summed E-state index contributed by atoms with van der Waals surface area (Å²) in [6.07, 6.45) is 0.466. The summed E-state index contributed by atoms with van der Waals surface area (Å²) in [5.74, 6) is -0.445. The molecule has 0 rings (SSSR count). The monoisotopic (exact) mass is 226 g/mol. The van der Waals surface area contributed by atoms with E-state index in [-0.39, 0.29) is 5.57 Å². The van der Waals surface area contributed by atoms with E-state index >= 15 is 0 Å². The van der Waals surface area contributed by atoms with Gasteiger partial charge in [0.05, 0.1) is 0 Å². The topological polar surface area (TPSA) is 62.6 Å². The highest BCUT2D eigenvalue weighted by Gasteiger charge is 2.23. The zero-order valence-electron chi connectivity index (χ0n) is 10.2. The molecule has 0 spiro atoms. The molecule has 0 radical (unpaired) electrons. The third kappa shape index (κ3) is 4.91. The summed E-state index contributed by atoms with van der Waals surface area (Å²) < 4.78 is 10.3. The molecule has 0 amide bonds. The molecule has 0 saturated heterocycles. The Labute approximate surface area is 96.2 Å². The van der Waals surface area contributed by atoms with Gasteiger partial charge in [-0.15, -0.1) is 0 Å². The standard InChI is InChI=1S/C11H18N2O3/c1-5-15-11(16-6-2)10(14)9(7-12)8-13(3)4/h8,11H,5-6H2,1-4H3. The number of nitriles is 1. The fraction of sp³-hybridized carbons (Fsp3) is 0.636. The summed E-state index contributed by atoms with van der Waals surface area (Å²) in [6.45, 7) is 4.25. The molecule has 0 fully saturated rings. The van der Waals surface area contributed by atoms with E-state index in [4.69, 9.17) is 14.7 Å². The lowest BCUT2D eigenvalue weighted by atomic mass is 10.2. The Kier molecular flexibility index (Phi) is 7.18. The minimum Gasteiger partial charge on any atom is -0.382 e. The first-order chi connectivity index (χ1) is 7.56. The highest BCUT2D eigenvalue weighted by Crippen LogP contribution is 2.06. The van der Waals surface area contributed by atoms with Crippen LogP contribution in [0.25, 0.3) is 0 Å². The first-order valence-corrected chi connectivity index (χ1v) is 5.12. The van der Waals surface area contributed by atoms with Crippen molar-refractivity contribution in [2.24, 2.45) is 0 Å². The molecule has 90 valence electrons. The Hall–Kier alpha value is -1.38. The van der Waals surface area contributed by atoms with Crippen molar-refractivity contribution in [1.82, 2.24) is 4.90 Å². The van der Waals surface area contributed by atoms with Crippen LogP contribution in [0.3, 0.4) is 0 Å². The maximum Gasteiger partial charge on any atom is 0.230 e. The third-order valence-electron chi connectivity index (χ3n) is 1.62. The molecule has 0 aliphatic carbocycles. The molecule has 5 heteroatoms. The van der Waals surface area contributed by atoms with E-state index in [9.17, 15) is 4.79 Å². The second kappa shape index (κ2) is 7.85. The van der Waals surface area contributed by atoms with Crippen LogP contribution in [0.2, 0.25) is 0 Å². The van der Waals surface area contributed by atoms with Gasteiger partial charge < -0.3 is 14.4 Å². The highest BCUT2D eigenvalue weighted by molar-refractivity contribution is 6.01. The van der Waals surface area contributed by atoms with Crippen LogP contribution in [0, 0.1) is 11.3 Å². The van der Waals surface area contributed by atoms with E-state index in [1.807, 2.05) is 6.07 Å². The Morgan fingerprint density at radius 2 is 1.88 bits per heavy atom. The second-order valence-electron chi connectivity index (χ2n) is 3.23. The Morgan fingerprint density at radius 1 is 1.38 bits per heavy atom. The minimum atomic E-state index is -0.985. The van der Waals surface area contributed by atoms with Crippen molar-refractivity contribution in [1.29, 1.82) is 5.26 Å². The van der Waals surface area contributed by atoms with Crippen molar-refractivity contribution >= 4 is 5.78 Å². The SMILES string of the molecule is CCOC(OCC)C(=O)C(C#N)=CN(C)C. The van der Waals surface area contributed by atoms with E-state index in [0.29, 0.717) is 13.2 Å². The quantitative estimate of drug-likeness (QED) is 0.367. The van der Waals surface area contributed by atoms with E-state index in [1.54, 1.807) is 32.8 Å². The van der Waals surface area contributed by atoms with Gasteiger partial charge in [0.2, 0.25) is 12.1 Å². The number of nitrogens with zero attached hydrogens (tertiary/aromatic N) is 2. The molecule has 0 N–H and O–H groups in total. The van der Waals surface area contributed by atoms with Crippen LogP contribution in [0.4, 0.5) is 0 Å². The van der Waals surface area contributed by atoms with Crippen molar-refractivity contribution in [2.45, 2.75) is 20.1 Å². The Bertz CT molecular complexity index is 286. The molecule has 5 nitrogen and oxygen atoms in total. The van der Waals surface area contributed by atoms with Gasteiger partial charge >= 0.3 is 0 Å². The van der Waals surface area contributed by atoms with Crippen molar-refractivity contribution < 1.29 is 14.3 Å². The number of hydrogen-bond acceptors (Lipinski definition) is 5. The Morgan fingerprint density at radius 3 is 2.19 bits per heavy atom. The summed E-state index contributed by atoms with van der Waals surface area (Å²) in [5.41, 5.74) is 0.0249. The van der Waals surface area contributed by atoms with Gasteiger partial charge in [-0.05, 0) is 13.8 Å². The average Bonchev–Trinajstić information content (AvgIpc) is 2.24. The molecule has 0 saturated carbocycles. The molecule has 0 atom stereocenters. The number of hydrogen-bond donors (Lipinski definition) is 0. The van der Waals surface area contributed by atoms with Gasteiger partial charge in [-0.3, -0.25) is 4.79 Å². The molecule has 0 aromatic rings. The maximum atomic E-state index is 11.8. The van der Waals surface area contributed by atoms with Crippen molar-refractivity contribution in [3.8, 4) is 6.07 Å². The largest absolute Gasteiger partial charge is 0.382 e. The average molecular weight is 226 g/mol. The van der Waals surface area contributed by atoms with Gasteiger partial charge in [-0.1, -0.05) is 0 Å². The molecule has 16 heavy (non-hydrogen) atoms. The molecule has 0 aliphatic rings. The number of Topliss-reactive ketones (excluding diaryl/α,β-unsaturated/α-hetero) is 1. The van der Waals surface area contributed by atoms with Gasteiger partial charge in [0.25, 0.3) is 0 Å². The lowest BCUT2D eigenvalue weighted by Gasteiger charge is -2.15. The summed E-state index contributed by atoms with van der Waals surface area (Å²) in [4.78, 5) is 13.5. The second-order valence-corrected chi connectivity index (χ2v) is 3.23.